The molecule has 0 saturated carbocycles. The summed E-state index contributed by atoms with van der Waals surface area (Å²) < 4.78 is 0. The zero-order chi connectivity index (χ0) is 18.7. The van der Waals surface area contributed by atoms with E-state index in [1.165, 1.54) is 16.9 Å². The van der Waals surface area contributed by atoms with Gasteiger partial charge in [0.2, 0.25) is 5.91 Å². The Kier molecular flexibility index (Phi) is 6.04. The summed E-state index contributed by atoms with van der Waals surface area (Å²) in [6.07, 6.45) is 1.88. The van der Waals surface area contributed by atoms with Crippen LogP contribution in [-0.4, -0.2) is 33.9 Å². The molecule has 2 unspecified atom stereocenters. The van der Waals surface area contributed by atoms with Crippen LogP contribution in [0.2, 0.25) is 0 Å². The van der Waals surface area contributed by atoms with Gasteiger partial charge in [-0.1, -0.05) is 25.5 Å². The predicted octanol–water partition coefficient (Wildman–Crippen LogP) is 4.69. The van der Waals surface area contributed by atoms with Crippen LogP contribution in [0.5, 0.6) is 0 Å². The van der Waals surface area contributed by atoms with Crippen LogP contribution in [0, 0.1) is 13.8 Å². The average molecular weight is 389 g/mol. The second kappa shape index (κ2) is 8.27. The highest BCUT2D eigenvalue weighted by Crippen LogP contribution is 2.34. The van der Waals surface area contributed by atoms with Crippen LogP contribution in [0.1, 0.15) is 40.6 Å². The lowest BCUT2D eigenvalue weighted by molar-refractivity contribution is -0.119. The quantitative estimate of drug-likeness (QED) is 0.808. The Morgan fingerprint density at radius 2 is 2.04 bits per heavy atom. The minimum atomic E-state index is -0.437. The first-order chi connectivity index (χ1) is 12.5. The van der Waals surface area contributed by atoms with E-state index in [9.17, 15) is 9.59 Å². The standard InChI is InChI=1S/C20H24N2O2S2/c1-4-6-18-22(20(24)17-7-5-10-25-17)16(12-26-18)19(23)21-15-9-8-13(2)14(3)11-15/h5,7-11,16,18H,4,6,12H2,1-3H3,(H,21,23). The van der Waals surface area contributed by atoms with Crippen molar-refractivity contribution >= 4 is 40.6 Å². The van der Waals surface area contributed by atoms with Gasteiger partial charge in [0.25, 0.3) is 5.91 Å². The molecule has 1 fully saturated rings. The molecule has 2 heterocycles. The Balaban J connectivity index is 1.80. The summed E-state index contributed by atoms with van der Waals surface area (Å²) in [7, 11) is 0. The molecule has 0 bridgehead atoms. The minimum Gasteiger partial charge on any atom is -0.324 e. The first-order valence-corrected chi connectivity index (χ1v) is 10.8. The van der Waals surface area contributed by atoms with E-state index in [1.54, 1.807) is 16.7 Å². The summed E-state index contributed by atoms with van der Waals surface area (Å²) >= 11 is 3.13. The second-order valence-corrected chi connectivity index (χ2v) is 8.73. The van der Waals surface area contributed by atoms with Crippen LogP contribution in [0.15, 0.2) is 35.7 Å². The van der Waals surface area contributed by atoms with Crippen molar-refractivity contribution in [1.29, 1.82) is 0 Å². The van der Waals surface area contributed by atoms with Gasteiger partial charge < -0.3 is 10.2 Å². The number of thioether (sulfide) groups is 1. The van der Waals surface area contributed by atoms with Gasteiger partial charge in [0.05, 0.1) is 10.3 Å². The third-order valence-corrected chi connectivity index (χ3v) is 6.89. The van der Waals surface area contributed by atoms with Crippen LogP contribution in [-0.2, 0) is 4.79 Å². The molecule has 2 amide bonds. The summed E-state index contributed by atoms with van der Waals surface area (Å²) in [5.74, 6) is 0.492. The third kappa shape index (κ3) is 3.96. The van der Waals surface area contributed by atoms with Crippen molar-refractivity contribution in [3.05, 3.63) is 51.7 Å². The Morgan fingerprint density at radius 3 is 2.69 bits per heavy atom. The molecule has 0 spiro atoms. The molecule has 26 heavy (non-hydrogen) atoms. The number of aryl methyl sites for hydroxylation is 2. The first-order valence-electron chi connectivity index (χ1n) is 8.87. The molecule has 0 radical (unpaired) electrons. The Labute approximate surface area is 163 Å². The number of thiophene rings is 1. The molecule has 2 atom stereocenters. The van der Waals surface area contributed by atoms with Crippen LogP contribution in [0.3, 0.4) is 0 Å². The first kappa shape index (κ1) is 19.0. The van der Waals surface area contributed by atoms with Crippen molar-refractivity contribution in [3.63, 3.8) is 0 Å². The maximum atomic E-state index is 13.0. The maximum Gasteiger partial charge on any atom is 0.265 e. The molecule has 1 aromatic heterocycles. The van der Waals surface area contributed by atoms with Gasteiger partial charge in [0.1, 0.15) is 6.04 Å². The fourth-order valence-electron chi connectivity index (χ4n) is 3.08. The minimum absolute atomic E-state index is 0.0383. The van der Waals surface area contributed by atoms with Gasteiger partial charge in [-0.25, -0.2) is 0 Å². The molecule has 4 nitrogen and oxygen atoms in total. The van der Waals surface area contributed by atoms with E-state index in [0.717, 1.165) is 24.1 Å². The molecule has 6 heteroatoms. The van der Waals surface area contributed by atoms with E-state index in [1.807, 2.05) is 49.6 Å². The number of amides is 2. The Hall–Kier alpha value is -1.79. The molecule has 1 aromatic carbocycles. The molecule has 3 rings (SSSR count). The molecule has 1 N–H and O–H groups in total. The van der Waals surface area contributed by atoms with Gasteiger partial charge in [-0.15, -0.1) is 23.1 Å². The molecular formula is C20H24N2O2S2. The molecule has 1 aliphatic heterocycles. The largest absolute Gasteiger partial charge is 0.324 e. The van der Waals surface area contributed by atoms with Crippen molar-refractivity contribution in [1.82, 2.24) is 4.90 Å². The highest BCUT2D eigenvalue weighted by molar-refractivity contribution is 8.00. The molecule has 0 aliphatic carbocycles. The van der Waals surface area contributed by atoms with Crippen LogP contribution in [0.25, 0.3) is 0 Å². The fourth-order valence-corrected chi connectivity index (χ4v) is 5.27. The lowest BCUT2D eigenvalue weighted by atomic mass is 10.1. The van der Waals surface area contributed by atoms with Crippen LogP contribution < -0.4 is 5.32 Å². The molecule has 1 saturated heterocycles. The maximum absolute atomic E-state index is 13.0. The number of carbonyl (C=O) groups is 2. The number of hydrogen-bond donors (Lipinski definition) is 1. The summed E-state index contributed by atoms with van der Waals surface area (Å²) in [4.78, 5) is 28.4. The highest BCUT2D eigenvalue weighted by Gasteiger charge is 2.41. The van der Waals surface area contributed by atoms with E-state index in [0.29, 0.717) is 10.6 Å². The lowest BCUT2D eigenvalue weighted by Crippen LogP contribution is -2.47. The third-order valence-electron chi connectivity index (χ3n) is 4.67. The zero-order valence-electron chi connectivity index (χ0n) is 15.3. The number of nitrogens with zero attached hydrogens (tertiary/aromatic N) is 1. The highest BCUT2D eigenvalue weighted by atomic mass is 32.2. The van der Waals surface area contributed by atoms with E-state index in [-0.39, 0.29) is 17.2 Å². The van der Waals surface area contributed by atoms with E-state index >= 15 is 0 Å². The zero-order valence-corrected chi connectivity index (χ0v) is 17.0. The summed E-state index contributed by atoms with van der Waals surface area (Å²) in [6.45, 7) is 6.18. The number of benzene rings is 1. The fraction of sp³-hybridized carbons (Fsp3) is 0.400. The Morgan fingerprint density at radius 1 is 1.23 bits per heavy atom. The summed E-state index contributed by atoms with van der Waals surface area (Å²) in [5, 5.41) is 4.96. The van der Waals surface area contributed by atoms with Crippen molar-refractivity contribution in [2.75, 3.05) is 11.1 Å². The van der Waals surface area contributed by atoms with Gasteiger partial charge in [-0.2, -0.15) is 0 Å². The van der Waals surface area contributed by atoms with Crippen molar-refractivity contribution in [3.8, 4) is 0 Å². The summed E-state index contributed by atoms with van der Waals surface area (Å²) in [6, 6.07) is 9.16. The smallest absolute Gasteiger partial charge is 0.265 e. The van der Waals surface area contributed by atoms with Crippen LogP contribution >= 0.6 is 23.1 Å². The number of anilines is 1. The number of nitrogens with one attached hydrogen (secondary N) is 1. The summed E-state index contributed by atoms with van der Waals surface area (Å²) in [5.41, 5.74) is 3.11. The van der Waals surface area contributed by atoms with E-state index in [2.05, 4.69) is 12.2 Å². The van der Waals surface area contributed by atoms with Gasteiger partial charge in [-0.05, 0) is 55.0 Å². The number of rotatable bonds is 5. The van der Waals surface area contributed by atoms with Crippen molar-refractivity contribution < 1.29 is 9.59 Å². The SMILES string of the molecule is CCCC1SCC(C(=O)Nc2ccc(C)c(C)c2)N1C(=O)c1cccs1. The lowest BCUT2D eigenvalue weighted by Gasteiger charge is -2.28. The molecular weight excluding hydrogens is 364 g/mol. The monoisotopic (exact) mass is 388 g/mol. The van der Waals surface area contributed by atoms with E-state index < -0.39 is 6.04 Å². The van der Waals surface area contributed by atoms with E-state index in [4.69, 9.17) is 0 Å². The van der Waals surface area contributed by atoms with Crippen molar-refractivity contribution in [2.24, 2.45) is 0 Å². The van der Waals surface area contributed by atoms with Gasteiger partial charge in [0, 0.05) is 11.4 Å². The van der Waals surface area contributed by atoms with Crippen LogP contribution in [0.4, 0.5) is 5.69 Å². The topological polar surface area (TPSA) is 49.4 Å². The van der Waals surface area contributed by atoms with Gasteiger partial charge in [0.15, 0.2) is 0 Å². The normalized spacial score (nSPS) is 19.6. The number of carbonyl (C=O) groups excluding carboxylic acids is 2. The molecule has 2 aromatic rings. The molecule has 1 aliphatic rings. The van der Waals surface area contributed by atoms with Gasteiger partial charge >= 0.3 is 0 Å². The number of hydrogen-bond acceptors (Lipinski definition) is 4. The Bertz CT molecular complexity index is 789. The molecule has 138 valence electrons. The average Bonchev–Trinajstić information content (AvgIpc) is 3.28. The van der Waals surface area contributed by atoms with Gasteiger partial charge in [-0.3, -0.25) is 9.59 Å². The predicted molar refractivity (Wildman–Crippen MR) is 110 cm³/mol. The van der Waals surface area contributed by atoms with Crippen molar-refractivity contribution in [2.45, 2.75) is 45.0 Å². The second-order valence-electron chi connectivity index (χ2n) is 6.57.